The largest absolute Gasteiger partial charge is 0.373 e. The zero-order valence-electron chi connectivity index (χ0n) is 8.26. The van der Waals surface area contributed by atoms with Crippen molar-refractivity contribution in [2.24, 2.45) is 0 Å². The van der Waals surface area contributed by atoms with Crippen molar-refractivity contribution in [2.45, 2.75) is 19.8 Å². The smallest absolute Gasteiger partial charge is 0.134 e. The van der Waals surface area contributed by atoms with Gasteiger partial charge in [0.05, 0.1) is 0 Å². The Labute approximate surface area is 78.7 Å². The summed E-state index contributed by atoms with van der Waals surface area (Å²) in [5, 5.41) is 10.3. The number of nitrogens with zero attached hydrogens (tertiary/aromatic N) is 1. The number of rotatable bonds is 3. The van der Waals surface area contributed by atoms with Crippen LogP contribution in [-0.2, 0) is 0 Å². The molecule has 70 valence electrons. The van der Waals surface area contributed by atoms with Crippen LogP contribution in [0.1, 0.15) is 30.9 Å². The summed E-state index contributed by atoms with van der Waals surface area (Å²) in [6.45, 7) is 4.23. The highest BCUT2D eigenvalue weighted by molar-refractivity contribution is 5.86. The molecule has 0 aromatic carbocycles. The molecule has 0 amide bonds. The zero-order chi connectivity index (χ0) is 9.84. The van der Waals surface area contributed by atoms with Crippen LogP contribution in [0.3, 0.4) is 0 Å². The van der Waals surface area contributed by atoms with Gasteiger partial charge < -0.3 is 10.7 Å². The summed E-state index contributed by atoms with van der Waals surface area (Å²) in [5.41, 5.74) is 2.05. The van der Waals surface area contributed by atoms with Crippen LogP contribution in [-0.4, -0.2) is 18.2 Å². The number of pyridine rings is 1. The van der Waals surface area contributed by atoms with Crippen molar-refractivity contribution in [3.05, 3.63) is 23.4 Å². The first-order valence-corrected chi connectivity index (χ1v) is 4.37. The second-order valence-electron chi connectivity index (χ2n) is 3.21. The highest BCUT2D eigenvalue weighted by Gasteiger charge is 2.08. The van der Waals surface area contributed by atoms with Crippen molar-refractivity contribution >= 4 is 12.0 Å². The van der Waals surface area contributed by atoms with E-state index in [1.165, 1.54) is 6.21 Å². The van der Waals surface area contributed by atoms with E-state index in [0.717, 1.165) is 16.9 Å². The molecule has 3 nitrogen and oxygen atoms in total. The lowest BCUT2D eigenvalue weighted by atomic mass is 9.99. The number of hydrogen-bond acceptors (Lipinski definition) is 3. The summed E-state index contributed by atoms with van der Waals surface area (Å²) in [6.07, 6.45) is 3.13. The van der Waals surface area contributed by atoms with Crippen molar-refractivity contribution in [1.82, 2.24) is 4.98 Å². The molecule has 0 saturated carbocycles. The van der Waals surface area contributed by atoms with Gasteiger partial charge in [0.1, 0.15) is 5.82 Å². The minimum atomic E-state index is 0.423. The van der Waals surface area contributed by atoms with E-state index < -0.39 is 0 Å². The topological polar surface area (TPSA) is 48.8 Å². The predicted molar refractivity (Wildman–Crippen MR) is 55.8 cm³/mol. The van der Waals surface area contributed by atoms with Crippen LogP contribution in [0, 0.1) is 5.41 Å². The predicted octanol–water partition coefficient (Wildman–Crippen LogP) is 2.24. The van der Waals surface area contributed by atoms with Gasteiger partial charge >= 0.3 is 0 Å². The van der Waals surface area contributed by atoms with E-state index in [-0.39, 0.29) is 0 Å². The molecule has 0 fully saturated rings. The molecule has 0 radical (unpaired) electrons. The molecule has 0 saturated heterocycles. The van der Waals surface area contributed by atoms with Crippen LogP contribution in [0.25, 0.3) is 0 Å². The van der Waals surface area contributed by atoms with E-state index in [1.54, 1.807) is 6.20 Å². The fraction of sp³-hybridized carbons (Fsp3) is 0.400. The summed E-state index contributed by atoms with van der Waals surface area (Å²) in [4.78, 5) is 4.15. The van der Waals surface area contributed by atoms with Gasteiger partial charge in [-0.15, -0.1) is 0 Å². The Balaban J connectivity index is 3.27. The second kappa shape index (κ2) is 4.03. The molecule has 13 heavy (non-hydrogen) atoms. The van der Waals surface area contributed by atoms with Crippen LogP contribution in [0.5, 0.6) is 0 Å². The minimum Gasteiger partial charge on any atom is -0.373 e. The highest BCUT2D eigenvalue weighted by atomic mass is 15.0. The van der Waals surface area contributed by atoms with Crippen molar-refractivity contribution < 1.29 is 0 Å². The molecule has 0 spiro atoms. The molecule has 0 unspecified atom stereocenters. The number of anilines is 1. The third-order valence-corrected chi connectivity index (χ3v) is 2.03. The van der Waals surface area contributed by atoms with Gasteiger partial charge in [0.25, 0.3) is 0 Å². The zero-order valence-corrected chi connectivity index (χ0v) is 8.26. The molecular formula is C10H15N3. The SMILES string of the molecule is CNc1nccc(C(C)C)c1C=N. The number of nitrogens with one attached hydrogen (secondary N) is 2. The standard InChI is InChI=1S/C10H15N3/c1-7(2)8-4-5-13-10(12-3)9(8)6-11/h4-7,11H,1-3H3,(H,12,13). The quantitative estimate of drug-likeness (QED) is 0.696. The average molecular weight is 177 g/mol. The second-order valence-corrected chi connectivity index (χ2v) is 3.21. The fourth-order valence-corrected chi connectivity index (χ4v) is 1.34. The maximum absolute atomic E-state index is 7.32. The Hall–Kier alpha value is -1.38. The molecule has 0 atom stereocenters. The Morgan fingerprint density at radius 3 is 2.69 bits per heavy atom. The van der Waals surface area contributed by atoms with Gasteiger partial charge in [-0.3, -0.25) is 0 Å². The van der Waals surface area contributed by atoms with Crippen LogP contribution < -0.4 is 5.32 Å². The molecule has 1 aromatic heterocycles. The Morgan fingerprint density at radius 2 is 2.23 bits per heavy atom. The van der Waals surface area contributed by atoms with E-state index in [1.807, 2.05) is 13.1 Å². The first-order chi connectivity index (χ1) is 6.20. The monoisotopic (exact) mass is 177 g/mol. The van der Waals surface area contributed by atoms with Crippen molar-refractivity contribution in [3.63, 3.8) is 0 Å². The molecule has 1 rings (SSSR count). The van der Waals surface area contributed by atoms with Gasteiger partial charge in [-0.05, 0) is 17.5 Å². The third kappa shape index (κ3) is 1.86. The summed E-state index contributed by atoms with van der Waals surface area (Å²) in [7, 11) is 1.82. The van der Waals surface area contributed by atoms with Gasteiger partial charge in [-0.1, -0.05) is 13.8 Å². The summed E-state index contributed by atoms with van der Waals surface area (Å²) in [5.74, 6) is 1.20. The minimum absolute atomic E-state index is 0.423. The van der Waals surface area contributed by atoms with Gasteiger partial charge in [-0.25, -0.2) is 4.98 Å². The number of aromatic nitrogens is 1. The van der Waals surface area contributed by atoms with Gasteiger partial charge in [0.15, 0.2) is 0 Å². The van der Waals surface area contributed by atoms with E-state index >= 15 is 0 Å². The van der Waals surface area contributed by atoms with Crippen LogP contribution >= 0.6 is 0 Å². The normalized spacial score (nSPS) is 10.2. The fourth-order valence-electron chi connectivity index (χ4n) is 1.34. The maximum atomic E-state index is 7.32. The van der Waals surface area contributed by atoms with Crippen molar-refractivity contribution in [2.75, 3.05) is 12.4 Å². The summed E-state index contributed by atoms with van der Waals surface area (Å²) >= 11 is 0. The maximum Gasteiger partial charge on any atom is 0.134 e. The summed E-state index contributed by atoms with van der Waals surface area (Å²) < 4.78 is 0. The van der Waals surface area contributed by atoms with Gasteiger partial charge in [0, 0.05) is 25.0 Å². The van der Waals surface area contributed by atoms with E-state index in [2.05, 4.69) is 24.1 Å². The highest BCUT2D eigenvalue weighted by Crippen LogP contribution is 2.21. The van der Waals surface area contributed by atoms with Crippen LogP contribution in [0.2, 0.25) is 0 Å². The summed E-state index contributed by atoms with van der Waals surface area (Å²) in [6, 6.07) is 1.96. The van der Waals surface area contributed by atoms with E-state index in [4.69, 9.17) is 5.41 Å². The van der Waals surface area contributed by atoms with Crippen LogP contribution in [0.4, 0.5) is 5.82 Å². The molecule has 0 aliphatic carbocycles. The Morgan fingerprint density at radius 1 is 1.54 bits per heavy atom. The third-order valence-electron chi connectivity index (χ3n) is 2.03. The Kier molecular flexibility index (Phi) is 3.01. The first kappa shape index (κ1) is 9.71. The molecule has 2 N–H and O–H groups in total. The lowest BCUT2D eigenvalue weighted by molar-refractivity contribution is 0.861. The first-order valence-electron chi connectivity index (χ1n) is 4.37. The van der Waals surface area contributed by atoms with Crippen LogP contribution in [0.15, 0.2) is 12.3 Å². The van der Waals surface area contributed by atoms with Crippen molar-refractivity contribution in [3.8, 4) is 0 Å². The molecule has 1 heterocycles. The number of hydrogen-bond donors (Lipinski definition) is 2. The molecule has 0 aliphatic rings. The molecule has 1 aromatic rings. The van der Waals surface area contributed by atoms with E-state index in [0.29, 0.717) is 5.92 Å². The molecule has 3 heteroatoms. The molecule has 0 aliphatic heterocycles. The van der Waals surface area contributed by atoms with Gasteiger partial charge in [-0.2, -0.15) is 0 Å². The lowest BCUT2D eigenvalue weighted by Gasteiger charge is -2.11. The molecule has 0 bridgehead atoms. The van der Waals surface area contributed by atoms with Crippen molar-refractivity contribution in [1.29, 1.82) is 5.41 Å². The average Bonchev–Trinajstić information content (AvgIpc) is 2.16. The lowest BCUT2D eigenvalue weighted by Crippen LogP contribution is -2.03. The van der Waals surface area contributed by atoms with E-state index in [9.17, 15) is 0 Å². The molecular weight excluding hydrogens is 162 g/mol. The van der Waals surface area contributed by atoms with Gasteiger partial charge in [0.2, 0.25) is 0 Å². The Bertz CT molecular complexity index is 305.